The summed E-state index contributed by atoms with van der Waals surface area (Å²) in [5.74, 6) is 0.347. The Morgan fingerprint density at radius 3 is 2.71 bits per heavy atom. The van der Waals surface area contributed by atoms with Crippen LogP contribution in [0.15, 0.2) is 45.4 Å². The fourth-order valence-electron chi connectivity index (χ4n) is 4.14. The normalized spacial score (nSPS) is 24.8. The SMILES string of the molecule is O=C(CN1CCC2(CC1)OCCO2)N1N=C(c2cccs2)CC1c1ccco1. The zero-order valence-corrected chi connectivity index (χ0v) is 16.4. The average Bonchev–Trinajstić information content (AvgIpc) is 3.49. The molecule has 7 nitrogen and oxygen atoms in total. The number of rotatable bonds is 4. The Kier molecular flexibility index (Phi) is 4.80. The Hall–Kier alpha value is -2.00. The summed E-state index contributed by atoms with van der Waals surface area (Å²) < 4.78 is 17.2. The van der Waals surface area contributed by atoms with Gasteiger partial charge in [-0.15, -0.1) is 11.3 Å². The van der Waals surface area contributed by atoms with E-state index < -0.39 is 5.79 Å². The van der Waals surface area contributed by atoms with Gasteiger partial charge in [0.2, 0.25) is 0 Å². The number of carbonyl (C=O) groups is 1. The van der Waals surface area contributed by atoms with Gasteiger partial charge >= 0.3 is 0 Å². The van der Waals surface area contributed by atoms with E-state index in [1.807, 2.05) is 29.6 Å². The molecule has 3 aliphatic heterocycles. The van der Waals surface area contributed by atoms with Gasteiger partial charge in [-0.05, 0) is 23.6 Å². The number of hydrazone groups is 1. The Labute approximate surface area is 167 Å². The second-order valence-corrected chi connectivity index (χ2v) is 8.33. The fourth-order valence-corrected chi connectivity index (χ4v) is 4.86. The lowest BCUT2D eigenvalue weighted by Gasteiger charge is -2.37. The molecule has 0 aromatic carbocycles. The summed E-state index contributed by atoms with van der Waals surface area (Å²) in [6.45, 7) is 3.24. The van der Waals surface area contributed by atoms with E-state index in [4.69, 9.17) is 13.9 Å². The van der Waals surface area contributed by atoms with Crippen LogP contribution in [-0.4, -0.2) is 60.2 Å². The molecule has 0 aliphatic carbocycles. The van der Waals surface area contributed by atoms with E-state index in [2.05, 4.69) is 10.0 Å². The highest BCUT2D eigenvalue weighted by Crippen LogP contribution is 2.35. The minimum absolute atomic E-state index is 0.00263. The molecule has 0 N–H and O–H groups in total. The third-order valence-electron chi connectivity index (χ3n) is 5.63. The molecule has 0 saturated carbocycles. The maximum atomic E-state index is 13.1. The lowest BCUT2D eigenvalue weighted by Crippen LogP contribution is -2.48. The van der Waals surface area contributed by atoms with Crippen LogP contribution in [0, 0.1) is 0 Å². The van der Waals surface area contributed by atoms with Crippen LogP contribution in [0.1, 0.15) is 35.9 Å². The first-order valence-electron chi connectivity index (χ1n) is 9.70. The molecule has 2 aromatic rings. The predicted molar refractivity (Wildman–Crippen MR) is 104 cm³/mol. The van der Waals surface area contributed by atoms with Gasteiger partial charge < -0.3 is 13.9 Å². The largest absolute Gasteiger partial charge is 0.467 e. The number of hydrogen-bond donors (Lipinski definition) is 0. The molecule has 0 radical (unpaired) electrons. The van der Waals surface area contributed by atoms with Gasteiger partial charge in [-0.3, -0.25) is 9.69 Å². The van der Waals surface area contributed by atoms with Crippen molar-refractivity contribution in [2.45, 2.75) is 31.1 Å². The van der Waals surface area contributed by atoms with Crippen molar-refractivity contribution in [3.8, 4) is 0 Å². The summed E-state index contributed by atoms with van der Waals surface area (Å²) in [5.41, 5.74) is 0.940. The molecule has 1 spiro atoms. The molecular weight excluding hydrogens is 378 g/mol. The third-order valence-corrected chi connectivity index (χ3v) is 6.55. The first-order chi connectivity index (χ1) is 13.7. The van der Waals surface area contributed by atoms with Crippen molar-refractivity contribution >= 4 is 23.0 Å². The highest BCUT2D eigenvalue weighted by molar-refractivity contribution is 7.12. The molecule has 1 unspecified atom stereocenters. The number of nitrogens with zero attached hydrogens (tertiary/aromatic N) is 3. The van der Waals surface area contributed by atoms with E-state index in [0.29, 0.717) is 26.2 Å². The topological polar surface area (TPSA) is 67.5 Å². The maximum Gasteiger partial charge on any atom is 0.257 e. The molecule has 3 aliphatic rings. The van der Waals surface area contributed by atoms with E-state index >= 15 is 0 Å². The highest BCUT2D eigenvalue weighted by Gasteiger charge is 2.41. The molecule has 28 heavy (non-hydrogen) atoms. The second kappa shape index (κ2) is 7.44. The Bertz CT molecular complexity index is 833. The van der Waals surface area contributed by atoms with Gasteiger partial charge in [0.1, 0.15) is 11.8 Å². The van der Waals surface area contributed by atoms with Crippen LogP contribution in [0.2, 0.25) is 0 Å². The zero-order valence-electron chi connectivity index (χ0n) is 15.6. The number of hydrogen-bond acceptors (Lipinski definition) is 7. The molecule has 1 atom stereocenters. The number of amides is 1. The molecule has 2 saturated heterocycles. The van der Waals surface area contributed by atoms with Crippen molar-refractivity contribution in [2.75, 3.05) is 32.8 Å². The molecule has 5 heterocycles. The third kappa shape index (κ3) is 3.41. The fraction of sp³-hybridized carbons (Fsp3) is 0.500. The Morgan fingerprint density at radius 1 is 1.21 bits per heavy atom. The van der Waals surface area contributed by atoms with Gasteiger partial charge in [0, 0.05) is 32.4 Å². The van der Waals surface area contributed by atoms with Crippen LogP contribution in [0.3, 0.4) is 0 Å². The van der Waals surface area contributed by atoms with Crippen molar-refractivity contribution in [1.29, 1.82) is 0 Å². The van der Waals surface area contributed by atoms with Crippen LogP contribution < -0.4 is 0 Å². The first-order valence-corrected chi connectivity index (χ1v) is 10.6. The Morgan fingerprint density at radius 2 is 2.04 bits per heavy atom. The summed E-state index contributed by atoms with van der Waals surface area (Å²) in [6, 6.07) is 7.63. The average molecular weight is 401 g/mol. The standard InChI is InChI=1S/C20H23N3O4S/c24-19(14-22-7-5-20(6-8-22)26-10-11-27-20)23-16(17-3-1-9-25-17)13-15(21-23)18-4-2-12-28-18/h1-4,9,12,16H,5-8,10-11,13-14H2. The van der Waals surface area contributed by atoms with E-state index in [1.54, 1.807) is 22.6 Å². The Balaban J connectivity index is 1.29. The van der Waals surface area contributed by atoms with E-state index in [9.17, 15) is 4.79 Å². The minimum atomic E-state index is -0.422. The van der Waals surface area contributed by atoms with Crippen LogP contribution in [0.4, 0.5) is 0 Å². The summed E-state index contributed by atoms with van der Waals surface area (Å²) in [4.78, 5) is 16.4. The summed E-state index contributed by atoms with van der Waals surface area (Å²) in [6.07, 6.45) is 3.91. The van der Waals surface area contributed by atoms with Crippen LogP contribution in [0.25, 0.3) is 0 Å². The smallest absolute Gasteiger partial charge is 0.257 e. The van der Waals surface area contributed by atoms with Gasteiger partial charge in [-0.25, -0.2) is 5.01 Å². The number of piperidine rings is 1. The van der Waals surface area contributed by atoms with Gasteiger partial charge in [-0.2, -0.15) is 5.10 Å². The van der Waals surface area contributed by atoms with Gasteiger partial charge in [0.25, 0.3) is 5.91 Å². The molecule has 5 rings (SSSR count). The van der Waals surface area contributed by atoms with Crippen molar-refractivity contribution in [3.05, 3.63) is 46.5 Å². The first kappa shape index (κ1) is 18.1. The second-order valence-electron chi connectivity index (χ2n) is 7.38. The minimum Gasteiger partial charge on any atom is -0.467 e. The molecule has 0 bridgehead atoms. The van der Waals surface area contributed by atoms with Crippen molar-refractivity contribution in [1.82, 2.24) is 9.91 Å². The van der Waals surface area contributed by atoms with E-state index in [-0.39, 0.29) is 11.9 Å². The summed E-state index contributed by atoms with van der Waals surface area (Å²) in [7, 11) is 0. The number of likely N-dealkylation sites (tertiary alicyclic amines) is 1. The van der Waals surface area contributed by atoms with Crippen molar-refractivity contribution in [3.63, 3.8) is 0 Å². The maximum absolute atomic E-state index is 13.1. The van der Waals surface area contributed by atoms with E-state index in [0.717, 1.165) is 42.3 Å². The highest BCUT2D eigenvalue weighted by atomic mass is 32.1. The van der Waals surface area contributed by atoms with E-state index in [1.165, 1.54) is 0 Å². The number of ether oxygens (including phenoxy) is 2. The summed E-state index contributed by atoms with van der Waals surface area (Å²) in [5, 5.41) is 8.32. The molecule has 1 amide bonds. The molecule has 2 aromatic heterocycles. The number of carbonyl (C=O) groups excluding carboxylic acids is 1. The number of thiophene rings is 1. The molecular formula is C20H23N3O4S. The molecule has 2 fully saturated rings. The van der Waals surface area contributed by atoms with Gasteiger partial charge in [-0.1, -0.05) is 6.07 Å². The number of furan rings is 1. The van der Waals surface area contributed by atoms with Crippen LogP contribution in [0.5, 0.6) is 0 Å². The quantitative estimate of drug-likeness (QED) is 0.788. The zero-order chi connectivity index (χ0) is 19.0. The van der Waals surface area contributed by atoms with Crippen molar-refractivity contribution in [2.24, 2.45) is 5.10 Å². The molecule has 8 heteroatoms. The van der Waals surface area contributed by atoms with Crippen LogP contribution in [-0.2, 0) is 14.3 Å². The monoisotopic (exact) mass is 401 g/mol. The van der Waals surface area contributed by atoms with Gasteiger partial charge in [0.05, 0.1) is 36.6 Å². The lowest BCUT2D eigenvalue weighted by molar-refractivity contribution is -0.186. The van der Waals surface area contributed by atoms with Gasteiger partial charge in [0.15, 0.2) is 5.79 Å². The van der Waals surface area contributed by atoms with Crippen LogP contribution >= 0.6 is 11.3 Å². The van der Waals surface area contributed by atoms with Crippen molar-refractivity contribution < 1.29 is 18.7 Å². The lowest BCUT2D eigenvalue weighted by atomic mass is 10.0. The molecule has 148 valence electrons. The summed E-state index contributed by atoms with van der Waals surface area (Å²) >= 11 is 1.64. The predicted octanol–water partition coefficient (Wildman–Crippen LogP) is 2.86.